The molecule has 0 unspecified atom stereocenters. The topological polar surface area (TPSA) is 42.0 Å². The molecule has 0 bridgehead atoms. The number of halogens is 1. The molecule has 0 aliphatic heterocycles. The van der Waals surface area contributed by atoms with Crippen LogP contribution in [0.25, 0.3) is 0 Å². The van der Waals surface area contributed by atoms with Crippen molar-refractivity contribution >= 4 is 33.2 Å². The number of hydrogen-bond acceptors (Lipinski definition) is 3. The van der Waals surface area contributed by atoms with Crippen LogP contribution in [0.5, 0.6) is 0 Å². The van der Waals surface area contributed by atoms with Gasteiger partial charge in [-0.1, -0.05) is 6.07 Å². The second-order valence-corrected chi connectivity index (χ2v) is 5.42. The van der Waals surface area contributed by atoms with E-state index in [1.54, 1.807) is 17.5 Å². The second kappa shape index (κ2) is 5.93. The number of carbonyl (C=O) groups is 1. The average Bonchev–Trinajstić information content (AvgIpc) is 2.73. The number of aromatic nitrogens is 1. The first-order valence-corrected chi connectivity index (χ1v) is 6.81. The van der Waals surface area contributed by atoms with Gasteiger partial charge in [0.15, 0.2) is 0 Å². The smallest absolute Gasteiger partial charge is 0.225 e. The molecule has 2 heterocycles. The molecule has 88 valence electrons. The van der Waals surface area contributed by atoms with E-state index in [4.69, 9.17) is 0 Å². The maximum atomic E-state index is 11.6. The van der Waals surface area contributed by atoms with Crippen LogP contribution in [0.15, 0.2) is 40.3 Å². The molecule has 2 rings (SSSR count). The lowest BCUT2D eigenvalue weighted by molar-refractivity contribution is -0.120. The van der Waals surface area contributed by atoms with Crippen molar-refractivity contribution in [1.82, 2.24) is 10.3 Å². The summed E-state index contributed by atoms with van der Waals surface area (Å²) in [6.07, 6.45) is 2.14. The SMILES string of the molecule is O=C(Cc1cc(Br)cs1)NCc1ccccn1. The quantitative estimate of drug-likeness (QED) is 0.943. The molecule has 0 radical (unpaired) electrons. The van der Waals surface area contributed by atoms with Gasteiger partial charge in [-0.2, -0.15) is 0 Å². The van der Waals surface area contributed by atoms with Crippen LogP contribution >= 0.6 is 27.3 Å². The zero-order valence-electron chi connectivity index (χ0n) is 9.02. The number of nitrogens with one attached hydrogen (secondary N) is 1. The summed E-state index contributed by atoms with van der Waals surface area (Å²) in [6.45, 7) is 0.478. The van der Waals surface area contributed by atoms with Crippen molar-refractivity contribution < 1.29 is 4.79 Å². The van der Waals surface area contributed by atoms with Gasteiger partial charge in [-0.15, -0.1) is 11.3 Å². The van der Waals surface area contributed by atoms with Gasteiger partial charge in [-0.05, 0) is 34.1 Å². The molecule has 0 saturated carbocycles. The molecule has 1 N–H and O–H groups in total. The van der Waals surface area contributed by atoms with Gasteiger partial charge in [-0.3, -0.25) is 9.78 Å². The van der Waals surface area contributed by atoms with Gasteiger partial charge in [0.05, 0.1) is 18.7 Å². The van der Waals surface area contributed by atoms with Crippen LogP contribution in [0.2, 0.25) is 0 Å². The largest absolute Gasteiger partial charge is 0.350 e. The van der Waals surface area contributed by atoms with Crippen LogP contribution in [-0.2, 0) is 17.8 Å². The molecular weight excluding hydrogens is 300 g/mol. The summed E-state index contributed by atoms with van der Waals surface area (Å²) in [6, 6.07) is 7.62. The van der Waals surface area contributed by atoms with Crippen molar-refractivity contribution in [2.75, 3.05) is 0 Å². The summed E-state index contributed by atoms with van der Waals surface area (Å²) in [5.41, 5.74) is 0.869. The first-order chi connectivity index (χ1) is 8.24. The maximum absolute atomic E-state index is 11.6. The maximum Gasteiger partial charge on any atom is 0.225 e. The van der Waals surface area contributed by atoms with E-state index in [2.05, 4.69) is 26.2 Å². The van der Waals surface area contributed by atoms with Crippen LogP contribution in [-0.4, -0.2) is 10.9 Å². The lowest BCUT2D eigenvalue weighted by atomic mass is 10.3. The minimum absolute atomic E-state index is 0.0185. The number of nitrogens with zero attached hydrogens (tertiary/aromatic N) is 1. The van der Waals surface area contributed by atoms with Gasteiger partial charge in [0.1, 0.15) is 0 Å². The van der Waals surface area contributed by atoms with E-state index < -0.39 is 0 Å². The van der Waals surface area contributed by atoms with Gasteiger partial charge in [0, 0.05) is 20.9 Å². The van der Waals surface area contributed by atoms with Gasteiger partial charge in [-0.25, -0.2) is 0 Å². The molecule has 0 atom stereocenters. The van der Waals surface area contributed by atoms with E-state index in [9.17, 15) is 4.79 Å². The molecule has 0 aliphatic rings. The van der Waals surface area contributed by atoms with Gasteiger partial charge in [0.2, 0.25) is 5.91 Å². The Morgan fingerprint density at radius 2 is 2.35 bits per heavy atom. The summed E-state index contributed by atoms with van der Waals surface area (Å²) in [5, 5.41) is 4.82. The van der Waals surface area contributed by atoms with E-state index in [1.807, 2.05) is 29.6 Å². The summed E-state index contributed by atoms with van der Waals surface area (Å²) >= 11 is 4.94. The molecule has 0 fully saturated rings. The number of thiophene rings is 1. The van der Waals surface area contributed by atoms with Crippen LogP contribution in [0, 0.1) is 0 Å². The Balaban J connectivity index is 1.82. The molecule has 5 heteroatoms. The zero-order valence-corrected chi connectivity index (χ0v) is 11.4. The summed E-state index contributed by atoms with van der Waals surface area (Å²) < 4.78 is 1.02. The minimum atomic E-state index is 0.0185. The predicted octanol–water partition coefficient (Wildman–Crippen LogP) is 2.76. The lowest BCUT2D eigenvalue weighted by Gasteiger charge is -2.03. The van der Waals surface area contributed by atoms with Crippen molar-refractivity contribution in [3.63, 3.8) is 0 Å². The third kappa shape index (κ3) is 3.94. The third-order valence-corrected chi connectivity index (χ3v) is 3.85. The first-order valence-electron chi connectivity index (χ1n) is 5.13. The fourth-order valence-electron chi connectivity index (χ4n) is 1.36. The Morgan fingerprint density at radius 1 is 1.47 bits per heavy atom. The standard InChI is InChI=1S/C12H11BrN2OS/c13-9-5-11(17-8-9)6-12(16)15-7-10-3-1-2-4-14-10/h1-5,8H,6-7H2,(H,15,16). The van der Waals surface area contributed by atoms with Crippen molar-refractivity contribution in [2.24, 2.45) is 0 Å². The van der Waals surface area contributed by atoms with Crippen LogP contribution in [0.1, 0.15) is 10.6 Å². The Kier molecular flexibility index (Phi) is 4.28. The molecule has 17 heavy (non-hydrogen) atoms. The Hall–Kier alpha value is -1.20. The fourth-order valence-corrected chi connectivity index (χ4v) is 2.81. The normalized spacial score (nSPS) is 10.2. The number of hydrogen-bond donors (Lipinski definition) is 1. The van der Waals surface area contributed by atoms with Crippen LogP contribution in [0.3, 0.4) is 0 Å². The molecule has 1 amide bonds. The van der Waals surface area contributed by atoms with Crippen molar-refractivity contribution in [1.29, 1.82) is 0 Å². The van der Waals surface area contributed by atoms with Crippen molar-refractivity contribution in [3.8, 4) is 0 Å². The van der Waals surface area contributed by atoms with E-state index in [0.29, 0.717) is 13.0 Å². The third-order valence-electron chi connectivity index (χ3n) is 2.15. The summed E-state index contributed by atoms with van der Waals surface area (Å²) in [7, 11) is 0. The molecular formula is C12H11BrN2OS. The number of carbonyl (C=O) groups excluding carboxylic acids is 1. The second-order valence-electron chi connectivity index (χ2n) is 3.51. The summed E-state index contributed by atoms with van der Waals surface area (Å²) in [5.74, 6) is 0.0185. The van der Waals surface area contributed by atoms with Gasteiger partial charge < -0.3 is 5.32 Å². The van der Waals surface area contributed by atoms with Crippen molar-refractivity contribution in [3.05, 3.63) is 50.9 Å². The minimum Gasteiger partial charge on any atom is -0.350 e. The first kappa shape index (κ1) is 12.3. The Morgan fingerprint density at radius 3 is 3.00 bits per heavy atom. The van der Waals surface area contributed by atoms with Crippen LogP contribution in [0.4, 0.5) is 0 Å². The van der Waals surface area contributed by atoms with E-state index in [0.717, 1.165) is 15.0 Å². The highest BCUT2D eigenvalue weighted by molar-refractivity contribution is 9.10. The molecule has 0 aromatic carbocycles. The molecule has 0 spiro atoms. The highest BCUT2D eigenvalue weighted by Crippen LogP contribution is 2.19. The van der Waals surface area contributed by atoms with Gasteiger partial charge in [0.25, 0.3) is 0 Å². The molecule has 0 saturated heterocycles. The predicted molar refractivity (Wildman–Crippen MR) is 71.8 cm³/mol. The number of rotatable bonds is 4. The average molecular weight is 311 g/mol. The van der Waals surface area contributed by atoms with Gasteiger partial charge >= 0.3 is 0 Å². The molecule has 2 aromatic rings. The number of pyridine rings is 1. The molecule has 3 nitrogen and oxygen atoms in total. The van der Waals surface area contributed by atoms with E-state index in [1.165, 1.54) is 0 Å². The Labute approximate surface area is 112 Å². The van der Waals surface area contributed by atoms with E-state index in [-0.39, 0.29) is 5.91 Å². The molecule has 2 aromatic heterocycles. The highest BCUT2D eigenvalue weighted by Gasteiger charge is 2.05. The number of amides is 1. The highest BCUT2D eigenvalue weighted by atomic mass is 79.9. The van der Waals surface area contributed by atoms with Crippen LogP contribution < -0.4 is 5.32 Å². The summed E-state index contributed by atoms with van der Waals surface area (Å²) in [4.78, 5) is 16.8. The lowest BCUT2D eigenvalue weighted by Crippen LogP contribution is -2.24. The van der Waals surface area contributed by atoms with Crippen molar-refractivity contribution in [2.45, 2.75) is 13.0 Å². The zero-order chi connectivity index (χ0) is 12.1. The monoisotopic (exact) mass is 310 g/mol. The molecule has 0 aliphatic carbocycles. The Bertz CT molecular complexity index is 498. The van der Waals surface area contributed by atoms with E-state index >= 15 is 0 Å². The fraction of sp³-hybridized carbons (Fsp3) is 0.167.